The van der Waals surface area contributed by atoms with Gasteiger partial charge in [0.1, 0.15) is 22.8 Å². The first-order valence-corrected chi connectivity index (χ1v) is 7.83. The van der Waals surface area contributed by atoms with E-state index in [2.05, 4.69) is 38.3 Å². The van der Waals surface area contributed by atoms with Gasteiger partial charge < -0.3 is 8.94 Å². The lowest BCUT2D eigenvalue weighted by molar-refractivity contribution is 0.0954. The van der Waals surface area contributed by atoms with Crippen LogP contribution in [0.1, 0.15) is 21.9 Å². The maximum absolute atomic E-state index is 12.4. The number of rotatable bonds is 4. The molecule has 0 radical (unpaired) electrons. The van der Waals surface area contributed by atoms with Crippen molar-refractivity contribution in [3.8, 4) is 11.3 Å². The van der Waals surface area contributed by atoms with Gasteiger partial charge in [-0.1, -0.05) is 35.5 Å². The second kappa shape index (κ2) is 6.78. The summed E-state index contributed by atoms with van der Waals surface area (Å²) in [5.74, 6) is 0.601. The Balaban J connectivity index is 1.80. The van der Waals surface area contributed by atoms with Crippen LogP contribution in [0.15, 0.2) is 56.5 Å². The second-order valence-electron chi connectivity index (χ2n) is 4.67. The third-order valence-corrected chi connectivity index (χ3v) is 3.67. The van der Waals surface area contributed by atoms with Crippen molar-refractivity contribution in [2.24, 2.45) is 5.10 Å². The van der Waals surface area contributed by atoms with Gasteiger partial charge in [-0.2, -0.15) is 5.10 Å². The Labute approximate surface area is 145 Å². The zero-order chi connectivity index (χ0) is 16.2. The summed E-state index contributed by atoms with van der Waals surface area (Å²) in [6.45, 7) is 1.69. The topological polar surface area (TPSA) is 80.6 Å². The molecule has 0 aliphatic carbocycles. The molecule has 0 unspecified atom stereocenters. The van der Waals surface area contributed by atoms with Crippen LogP contribution in [-0.4, -0.2) is 17.3 Å². The van der Waals surface area contributed by atoms with E-state index >= 15 is 0 Å². The standard InChI is InChI=1S/C16H12IN3O3/c1-10-14(15(20-23-10)11-5-3-2-4-6-11)16(21)19-18-9-12-7-8-13(17)22-12/h2-9H,1H3,(H,19,21). The van der Waals surface area contributed by atoms with Crippen LogP contribution in [0.4, 0.5) is 0 Å². The van der Waals surface area contributed by atoms with Crippen molar-refractivity contribution in [3.63, 3.8) is 0 Å². The molecule has 3 aromatic rings. The predicted molar refractivity (Wildman–Crippen MR) is 93.2 cm³/mol. The Hall–Kier alpha value is -2.42. The summed E-state index contributed by atoms with van der Waals surface area (Å²) in [6.07, 6.45) is 1.44. The summed E-state index contributed by atoms with van der Waals surface area (Å²) < 4.78 is 11.2. The van der Waals surface area contributed by atoms with E-state index in [9.17, 15) is 4.79 Å². The van der Waals surface area contributed by atoms with Gasteiger partial charge in [0.25, 0.3) is 5.91 Å². The number of benzene rings is 1. The Kier molecular flexibility index (Phi) is 4.56. The molecule has 2 aromatic heterocycles. The number of hydrazone groups is 1. The zero-order valence-corrected chi connectivity index (χ0v) is 14.3. The second-order valence-corrected chi connectivity index (χ2v) is 5.73. The molecule has 1 aromatic carbocycles. The number of furan rings is 1. The number of carbonyl (C=O) groups excluding carboxylic acids is 1. The largest absolute Gasteiger partial charge is 0.449 e. The molecule has 7 heteroatoms. The van der Waals surface area contributed by atoms with E-state index in [-0.39, 0.29) is 5.91 Å². The van der Waals surface area contributed by atoms with Gasteiger partial charge in [-0.15, -0.1) is 0 Å². The maximum atomic E-state index is 12.4. The van der Waals surface area contributed by atoms with Crippen LogP contribution in [0.3, 0.4) is 0 Å². The van der Waals surface area contributed by atoms with Gasteiger partial charge in [0.15, 0.2) is 3.77 Å². The Morgan fingerprint density at radius 2 is 2.04 bits per heavy atom. The van der Waals surface area contributed by atoms with E-state index in [1.54, 1.807) is 19.1 Å². The fourth-order valence-electron chi connectivity index (χ4n) is 2.04. The van der Waals surface area contributed by atoms with Crippen LogP contribution in [-0.2, 0) is 0 Å². The fourth-order valence-corrected chi connectivity index (χ4v) is 2.47. The molecule has 0 bridgehead atoms. The summed E-state index contributed by atoms with van der Waals surface area (Å²) in [4.78, 5) is 12.4. The van der Waals surface area contributed by atoms with Crippen molar-refractivity contribution < 1.29 is 13.7 Å². The van der Waals surface area contributed by atoms with Gasteiger partial charge in [0.05, 0.1) is 6.21 Å². The SMILES string of the molecule is Cc1onc(-c2ccccc2)c1C(=O)NN=Cc1ccc(I)o1. The number of amides is 1. The van der Waals surface area contributed by atoms with Gasteiger partial charge in [0.2, 0.25) is 0 Å². The van der Waals surface area contributed by atoms with Crippen molar-refractivity contribution in [3.05, 3.63) is 63.3 Å². The van der Waals surface area contributed by atoms with Crippen LogP contribution in [0.5, 0.6) is 0 Å². The first-order chi connectivity index (χ1) is 11.1. The molecule has 1 N–H and O–H groups in total. The molecule has 116 valence electrons. The lowest BCUT2D eigenvalue weighted by atomic mass is 10.1. The molecule has 6 nitrogen and oxygen atoms in total. The number of nitrogens with one attached hydrogen (secondary N) is 1. The first kappa shape index (κ1) is 15.5. The molecule has 0 aliphatic heterocycles. The number of nitrogens with zero attached hydrogens (tertiary/aromatic N) is 2. The predicted octanol–water partition coefficient (Wildman–Crippen LogP) is 3.61. The quantitative estimate of drug-likeness (QED) is 0.397. The molecular formula is C16H12IN3O3. The lowest BCUT2D eigenvalue weighted by Crippen LogP contribution is -2.18. The van der Waals surface area contributed by atoms with Crippen LogP contribution in [0, 0.1) is 10.7 Å². The van der Waals surface area contributed by atoms with Gasteiger partial charge in [-0.05, 0) is 41.6 Å². The number of aromatic nitrogens is 1. The maximum Gasteiger partial charge on any atom is 0.277 e. The fraction of sp³-hybridized carbons (Fsp3) is 0.0625. The van der Waals surface area contributed by atoms with Crippen molar-refractivity contribution in [1.29, 1.82) is 0 Å². The molecule has 23 heavy (non-hydrogen) atoms. The summed E-state index contributed by atoms with van der Waals surface area (Å²) in [5, 5.41) is 7.87. The van der Waals surface area contributed by atoms with Crippen molar-refractivity contribution in [1.82, 2.24) is 10.6 Å². The monoisotopic (exact) mass is 421 g/mol. The molecule has 0 aliphatic rings. The zero-order valence-electron chi connectivity index (χ0n) is 12.1. The minimum atomic E-state index is -0.389. The number of halogens is 1. The van der Waals surface area contributed by atoms with E-state index in [0.717, 1.165) is 9.33 Å². The van der Waals surface area contributed by atoms with Gasteiger partial charge in [-0.25, -0.2) is 5.43 Å². The molecule has 1 amide bonds. The molecule has 0 atom stereocenters. The average molecular weight is 421 g/mol. The number of hydrogen-bond donors (Lipinski definition) is 1. The number of hydrogen-bond acceptors (Lipinski definition) is 5. The van der Waals surface area contributed by atoms with Crippen molar-refractivity contribution >= 4 is 34.7 Å². The highest BCUT2D eigenvalue weighted by Gasteiger charge is 2.21. The van der Waals surface area contributed by atoms with Crippen LogP contribution in [0.2, 0.25) is 0 Å². The molecule has 0 saturated heterocycles. The highest BCUT2D eigenvalue weighted by Crippen LogP contribution is 2.24. The molecule has 0 spiro atoms. The van der Waals surface area contributed by atoms with Crippen LogP contribution in [0.25, 0.3) is 11.3 Å². The Morgan fingerprint density at radius 1 is 1.26 bits per heavy atom. The van der Waals surface area contributed by atoms with E-state index in [4.69, 9.17) is 8.94 Å². The molecular weight excluding hydrogens is 409 g/mol. The third-order valence-electron chi connectivity index (χ3n) is 3.09. The third kappa shape index (κ3) is 3.50. The van der Waals surface area contributed by atoms with Crippen LogP contribution < -0.4 is 5.43 Å². The normalized spacial score (nSPS) is 11.0. The molecule has 0 saturated carbocycles. The smallest absolute Gasteiger partial charge is 0.277 e. The lowest BCUT2D eigenvalue weighted by Gasteiger charge is -2.01. The molecule has 3 rings (SSSR count). The van der Waals surface area contributed by atoms with E-state index in [1.165, 1.54) is 6.21 Å². The summed E-state index contributed by atoms with van der Waals surface area (Å²) in [5.41, 5.74) is 4.12. The minimum Gasteiger partial charge on any atom is -0.449 e. The average Bonchev–Trinajstić information content (AvgIpc) is 3.14. The highest BCUT2D eigenvalue weighted by molar-refractivity contribution is 14.1. The van der Waals surface area contributed by atoms with Crippen molar-refractivity contribution in [2.75, 3.05) is 0 Å². The first-order valence-electron chi connectivity index (χ1n) is 6.75. The van der Waals surface area contributed by atoms with E-state index < -0.39 is 0 Å². The van der Waals surface area contributed by atoms with E-state index in [0.29, 0.717) is 22.8 Å². The summed E-state index contributed by atoms with van der Waals surface area (Å²) in [7, 11) is 0. The summed E-state index contributed by atoms with van der Waals surface area (Å²) >= 11 is 2.05. The van der Waals surface area contributed by atoms with Gasteiger partial charge >= 0.3 is 0 Å². The summed E-state index contributed by atoms with van der Waals surface area (Å²) in [6, 6.07) is 12.9. The van der Waals surface area contributed by atoms with Crippen molar-refractivity contribution in [2.45, 2.75) is 6.92 Å². The minimum absolute atomic E-state index is 0.363. The Morgan fingerprint density at radius 3 is 2.74 bits per heavy atom. The van der Waals surface area contributed by atoms with Gasteiger partial charge in [0, 0.05) is 5.56 Å². The number of aryl methyl sites for hydroxylation is 1. The highest BCUT2D eigenvalue weighted by atomic mass is 127. The molecule has 0 fully saturated rings. The Bertz CT molecular complexity index is 853. The number of carbonyl (C=O) groups is 1. The molecule has 2 heterocycles. The van der Waals surface area contributed by atoms with Gasteiger partial charge in [-0.3, -0.25) is 4.79 Å². The van der Waals surface area contributed by atoms with E-state index in [1.807, 2.05) is 30.3 Å². The van der Waals surface area contributed by atoms with Crippen LogP contribution >= 0.6 is 22.6 Å².